The van der Waals surface area contributed by atoms with E-state index < -0.39 is 0 Å². The van der Waals surface area contributed by atoms with Crippen molar-refractivity contribution in [2.24, 2.45) is 11.1 Å². The quantitative estimate of drug-likeness (QED) is 0.370. The van der Waals surface area contributed by atoms with E-state index in [0.717, 1.165) is 38.8 Å². The molecule has 0 saturated carbocycles. The van der Waals surface area contributed by atoms with Crippen LogP contribution in [0.4, 0.5) is 0 Å². The van der Waals surface area contributed by atoms with E-state index in [2.05, 4.69) is 4.90 Å². The van der Waals surface area contributed by atoms with Crippen molar-refractivity contribution in [1.29, 1.82) is 5.41 Å². The van der Waals surface area contributed by atoms with Crippen LogP contribution in [0.5, 0.6) is 0 Å². The molecule has 0 amide bonds. The van der Waals surface area contributed by atoms with Gasteiger partial charge in [-0.2, -0.15) is 0 Å². The second-order valence-electron chi connectivity index (χ2n) is 6.12. The van der Waals surface area contributed by atoms with Crippen LogP contribution in [-0.2, 0) is 0 Å². The fourth-order valence-electron chi connectivity index (χ4n) is 2.58. The number of hydrogen-bond donors (Lipinski definition) is 3. The van der Waals surface area contributed by atoms with Gasteiger partial charge in [-0.1, -0.05) is 26.7 Å². The first-order valence-corrected chi connectivity index (χ1v) is 7.17. The summed E-state index contributed by atoms with van der Waals surface area (Å²) < 4.78 is 0. The Hall–Kier alpha value is -0.610. The predicted molar refractivity (Wildman–Crippen MR) is 75.8 cm³/mol. The Balaban J connectivity index is 2.22. The Bertz CT molecular complexity index is 266. The molecule has 4 heteroatoms. The SMILES string of the molecule is CC(C)(CCCCN1CCCCC1CO)C(=N)N. The normalized spacial score (nSPS) is 22.1. The molecule has 1 atom stereocenters. The van der Waals surface area contributed by atoms with Gasteiger partial charge in [-0.3, -0.25) is 10.3 Å². The fraction of sp³-hybridized carbons (Fsp3) is 0.929. The molecule has 18 heavy (non-hydrogen) atoms. The lowest BCUT2D eigenvalue weighted by molar-refractivity contribution is 0.0882. The molecule has 4 N–H and O–H groups in total. The second kappa shape index (κ2) is 7.10. The molecule has 1 aliphatic heterocycles. The maximum Gasteiger partial charge on any atom is 0.0963 e. The number of aliphatic hydroxyl groups is 1. The highest BCUT2D eigenvalue weighted by atomic mass is 16.3. The van der Waals surface area contributed by atoms with E-state index >= 15 is 0 Å². The van der Waals surface area contributed by atoms with Gasteiger partial charge in [-0.15, -0.1) is 0 Å². The lowest BCUT2D eigenvalue weighted by Crippen LogP contribution is -2.42. The van der Waals surface area contributed by atoms with Crippen LogP contribution < -0.4 is 5.73 Å². The molecule has 1 fully saturated rings. The van der Waals surface area contributed by atoms with Crippen molar-refractivity contribution >= 4 is 5.84 Å². The van der Waals surface area contributed by atoms with Gasteiger partial charge in [-0.25, -0.2) is 0 Å². The maximum absolute atomic E-state index is 9.33. The summed E-state index contributed by atoms with van der Waals surface area (Å²) in [4.78, 5) is 2.42. The van der Waals surface area contributed by atoms with Crippen LogP contribution in [-0.4, -0.2) is 41.6 Å². The highest BCUT2D eigenvalue weighted by molar-refractivity contribution is 5.82. The topological polar surface area (TPSA) is 73.3 Å². The van der Waals surface area contributed by atoms with Crippen molar-refractivity contribution in [3.05, 3.63) is 0 Å². The Morgan fingerprint density at radius 2 is 2.11 bits per heavy atom. The minimum Gasteiger partial charge on any atom is -0.395 e. The molecule has 0 spiro atoms. The van der Waals surface area contributed by atoms with E-state index in [9.17, 15) is 5.11 Å². The molecule has 0 aromatic heterocycles. The minimum absolute atomic E-state index is 0.168. The van der Waals surface area contributed by atoms with Crippen LogP contribution in [0.25, 0.3) is 0 Å². The Morgan fingerprint density at radius 3 is 2.72 bits per heavy atom. The van der Waals surface area contributed by atoms with Crippen LogP contribution in [0, 0.1) is 10.8 Å². The van der Waals surface area contributed by atoms with E-state index in [1.54, 1.807) is 0 Å². The van der Waals surface area contributed by atoms with Gasteiger partial charge in [0.2, 0.25) is 0 Å². The monoisotopic (exact) mass is 255 g/mol. The molecule has 1 aliphatic rings. The predicted octanol–water partition coefficient (Wildman–Crippen LogP) is 1.97. The van der Waals surface area contributed by atoms with Crippen LogP contribution in [0.3, 0.4) is 0 Å². The molecule has 1 unspecified atom stereocenters. The van der Waals surface area contributed by atoms with E-state index in [-0.39, 0.29) is 11.3 Å². The van der Waals surface area contributed by atoms with Gasteiger partial charge in [-0.05, 0) is 38.8 Å². The summed E-state index contributed by atoms with van der Waals surface area (Å²) in [5, 5.41) is 16.9. The summed E-state index contributed by atoms with van der Waals surface area (Å²) >= 11 is 0. The molecule has 1 rings (SSSR count). The fourth-order valence-corrected chi connectivity index (χ4v) is 2.58. The van der Waals surface area contributed by atoms with Crippen LogP contribution >= 0.6 is 0 Å². The number of hydrogen-bond acceptors (Lipinski definition) is 3. The summed E-state index contributed by atoms with van der Waals surface area (Å²) in [6.45, 7) is 6.55. The molecule has 106 valence electrons. The Morgan fingerprint density at radius 1 is 1.39 bits per heavy atom. The number of nitrogens with two attached hydrogens (primary N) is 1. The first-order chi connectivity index (χ1) is 8.47. The molecule has 0 bridgehead atoms. The first kappa shape index (κ1) is 15.4. The zero-order chi connectivity index (χ0) is 13.6. The number of aliphatic hydroxyl groups excluding tert-OH is 1. The van der Waals surface area contributed by atoms with E-state index in [4.69, 9.17) is 11.1 Å². The smallest absolute Gasteiger partial charge is 0.0963 e. The molecular formula is C14H29N3O. The van der Waals surface area contributed by atoms with Crippen LogP contribution in [0.15, 0.2) is 0 Å². The van der Waals surface area contributed by atoms with Crippen molar-refractivity contribution in [2.75, 3.05) is 19.7 Å². The molecule has 4 nitrogen and oxygen atoms in total. The molecule has 1 heterocycles. The van der Waals surface area contributed by atoms with Gasteiger partial charge in [0, 0.05) is 11.5 Å². The Kier molecular flexibility index (Phi) is 6.09. The molecule has 0 aliphatic carbocycles. The zero-order valence-electron chi connectivity index (χ0n) is 11.9. The van der Waals surface area contributed by atoms with E-state index in [1.807, 2.05) is 13.8 Å². The number of rotatable bonds is 7. The third-order valence-corrected chi connectivity index (χ3v) is 4.19. The van der Waals surface area contributed by atoms with Gasteiger partial charge < -0.3 is 10.8 Å². The van der Waals surface area contributed by atoms with Gasteiger partial charge in [0.15, 0.2) is 0 Å². The third-order valence-electron chi connectivity index (χ3n) is 4.19. The van der Waals surface area contributed by atoms with Gasteiger partial charge >= 0.3 is 0 Å². The molecule has 0 aromatic carbocycles. The highest BCUT2D eigenvalue weighted by Gasteiger charge is 2.23. The summed E-state index contributed by atoms with van der Waals surface area (Å²) in [6.07, 6.45) is 6.85. The lowest BCUT2D eigenvalue weighted by atomic mass is 9.86. The number of amidine groups is 1. The van der Waals surface area contributed by atoms with Gasteiger partial charge in [0.25, 0.3) is 0 Å². The lowest BCUT2D eigenvalue weighted by Gasteiger charge is -2.34. The van der Waals surface area contributed by atoms with E-state index in [1.165, 1.54) is 12.8 Å². The zero-order valence-corrected chi connectivity index (χ0v) is 11.9. The summed E-state index contributed by atoms with van der Waals surface area (Å²) in [6, 6.07) is 0.375. The largest absolute Gasteiger partial charge is 0.395 e. The molecule has 0 aromatic rings. The number of nitrogens with one attached hydrogen (secondary N) is 1. The van der Waals surface area contributed by atoms with Crippen LogP contribution in [0.1, 0.15) is 52.4 Å². The van der Waals surface area contributed by atoms with Crippen molar-refractivity contribution in [2.45, 2.75) is 58.4 Å². The average molecular weight is 255 g/mol. The van der Waals surface area contributed by atoms with Crippen LogP contribution in [0.2, 0.25) is 0 Å². The standard InChI is InChI=1S/C14H29N3O/c1-14(2,13(15)16)8-4-6-10-17-9-5-3-7-12(17)11-18/h12,18H,3-11H2,1-2H3,(H3,15,16). The Labute approximate surface area is 111 Å². The second-order valence-corrected chi connectivity index (χ2v) is 6.12. The number of unbranched alkanes of at least 4 members (excludes halogenated alkanes) is 1. The van der Waals surface area contributed by atoms with Crippen molar-refractivity contribution in [3.63, 3.8) is 0 Å². The van der Waals surface area contributed by atoms with Crippen molar-refractivity contribution < 1.29 is 5.11 Å². The highest BCUT2D eigenvalue weighted by Crippen LogP contribution is 2.23. The number of nitrogens with zero attached hydrogens (tertiary/aromatic N) is 1. The summed E-state index contributed by atoms with van der Waals surface area (Å²) in [5.41, 5.74) is 5.41. The number of likely N-dealkylation sites (tertiary alicyclic amines) is 1. The maximum atomic E-state index is 9.33. The van der Waals surface area contributed by atoms with Gasteiger partial charge in [0.05, 0.1) is 12.4 Å². The van der Waals surface area contributed by atoms with Crippen molar-refractivity contribution in [3.8, 4) is 0 Å². The molecule has 0 radical (unpaired) electrons. The summed E-state index contributed by atoms with van der Waals surface area (Å²) in [5.74, 6) is 0.286. The molecule has 1 saturated heterocycles. The average Bonchev–Trinajstić information content (AvgIpc) is 2.35. The third kappa shape index (κ3) is 4.58. The van der Waals surface area contributed by atoms with Crippen molar-refractivity contribution in [1.82, 2.24) is 4.90 Å². The number of piperidine rings is 1. The summed E-state index contributed by atoms with van der Waals surface area (Å²) in [7, 11) is 0. The molecular weight excluding hydrogens is 226 g/mol. The van der Waals surface area contributed by atoms with E-state index in [0.29, 0.717) is 12.6 Å². The minimum atomic E-state index is -0.168. The van der Waals surface area contributed by atoms with Gasteiger partial charge in [0.1, 0.15) is 0 Å². The first-order valence-electron chi connectivity index (χ1n) is 7.17.